The molecule has 0 radical (unpaired) electrons. The standard InChI is InChI=1S/C28H26F4N6O3S/c1-17-25(15-35-37(17)2)42(40,41)38-10-8-19-11-23(36-22-5-3-21(29)4-6-22)18(14-33)13-27(19,16-38)26(39)24-12-20(7-9-34-24)28(30,31)32/h3-7,9,11-12,14-15H,8,10,13,16,33H2,1-2H3/t27-/m0/s1. The molecule has 0 unspecified atom stereocenters. The van der Waals surface area contributed by atoms with Crippen LogP contribution in [0.25, 0.3) is 0 Å². The summed E-state index contributed by atoms with van der Waals surface area (Å²) in [6.45, 7) is 1.23. The van der Waals surface area contributed by atoms with Crippen LogP contribution in [0.5, 0.6) is 0 Å². The molecule has 1 aliphatic carbocycles. The Labute approximate surface area is 239 Å². The van der Waals surface area contributed by atoms with Crippen LogP contribution in [-0.2, 0) is 23.2 Å². The lowest BCUT2D eigenvalue weighted by molar-refractivity contribution is -0.137. The van der Waals surface area contributed by atoms with Gasteiger partial charge in [0.15, 0.2) is 5.78 Å². The zero-order chi connectivity index (χ0) is 30.4. The number of sulfonamides is 1. The number of hydrogen-bond donors (Lipinski definition) is 1. The number of ketones is 1. The summed E-state index contributed by atoms with van der Waals surface area (Å²) in [7, 11) is -2.55. The minimum absolute atomic E-state index is 0.000941. The van der Waals surface area contributed by atoms with Crippen LogP contribution in [0.2, 0.25) is 0 Å². The van der Waals surface area contributed by atoms with Crippen molar-refractivity contribution in [1.29, 1.82) is 0 Å². The molecule has 5 rings (SSSR count). The third-order valence-corrected chi connectivity index (χ3v) is 9.61. The zero-order valence-electron chi connectivity index (χ0n) is 22.6. The Morgan fingerprint density at radius 2 is 1.90 bits per heavy atom. The first kappa shape index (κ1) is 29.3. The first-order valence-corrected chi connectivity index (χ1v) is 14.2. The Kier molecular flexibility index (Phi) is 7.39. The highest BCUT2D eigenvalue weighted by molar-refractivity contribution is 7.89. The molecule has 2 aromatic heterocycles. The zero-order valence-corrected chi connectivity index (χ0v) is 23.4. The van der Waals surface area contributed by atoms with E-state index in [9.17, 15) is 30.8 Å². The lowest BCUT2D eigenvalue weighted by atomic mass is 9.64. The van der Waals surface area contributed by atoms with Crippen LogP contribution in [-0.4, -0.2) is 52.1 Å². The van der Waals surface area contributed by atoms with Crippen molar-refractivity contribution in [2.75, 3.05) is 13.1 Å². The van der Waals surface area contributed by atoms with E-state index in [-0.39, 0.29) is 30.8 Å². The number of nitrogens with zero attached hydrogens (tertiary/aromatic N) is 5. The molecule has 1 saturated heterocycles. The van der Waals surface area contributed by atoms with Gasteiger partial charge in [-0.05, 0) is 74.0 Å². The van der Waals surface area contributed by atoms with Crippen molar-refractivity contribution >= 4 is 27.2 Å². The fourth-order valence-corrected chi connectivity index (χ4v) is 6.96. The van der Waals surface area contributed by atoms with Crippen molar-refractivity contribution < 1.29 is 30.8 Å². The smallest absolute Gasteiger partial charge is 0.404 e. The number of aromatic nitrogens is 3. The molecule has 1 aliphatic heterocycles. The van der Waals surface area contributed by atoms with Crippen molar-refractivity contribution in [2.24, 2.45) is 23.2 Å². The molecule has 1 atom stereocenters. The summed E-state index contributed by atoms with van der Waals surface area (Å²) in [5, 5.41) is 4.02. The van der Waals surface area contributed by atoms with Crippen LogP contribution in [0.1, 0.15) is 34.6 Å². The summed E-state index contributed by atoms with van der Waals surface area (Å²) in [6.07, 6.45) is 0.166. The van der Waals surface area contributed by atoms with Gasteiger partial charge in [-0.25, -0.2) is 17.8 Å². The third kappa shape index (κ3) is 5.15. The van der Waals surface area contributed by atoms with Gasteiger partial charge in [0.05, 0.1) is 34.3 Å². The lowest BCUT2D eigenvalue weighted by Crippen LogP contribution is -2.53. The number of pyridine rings is 1. The Balaban J connectivity index is 1.65. The predicted molar refractivity (Wildman–Crippen MR) is 146 cm³/mol. The lowest BCUT2D eigenvalue weighted by Gasteiger charge is -2.45. The van der Waals surface area contributed by atoms with Crippen LogP contribution < -0.4 is 5.73 Å². The van der Waals surface area contributed by atoms with Crippen molar-refractivity contribution in [3.63, 3.8) is 0 Å². The summed E-state index contributed by atoms with van der Waals surface area (Å²) < 4.78 is 84.1. The molecule has 3 aromatic rings. The molecule has 0 amide bonds. The molecule has 220 valence electrons. The first-order chi connectivity index (χ1) is 19.8. The molecule has 2 N–H and O–H groups in total. The maximum atomic E-state index is 14.2. The number of piperidine rings is 1. The van der Waals surface area contributed by atoms with Crippen LogP contribution >= 0.6 is 0 Å². The van der Waals surface area contributed by atoms with Gasteiger partial charge in [-0.1, -0.05) is 5.57 Å². The number of hydrogen-bond acceptors (Lipinski definition) is 7. The molecule has 9 nitrogen and oxygen atoms in total. The Bertz CT molecular complexity index is 1760. The van der Waals surface area contributed by atoms with E-state index in [1.165, 1.54) is 41.3 Å². The van der Waals surface area contributed by atoms with Gasteiger partial charge in [0.25, 0.3) is 0 Å². The molecule has 0 bridgehead atoms. The minimum atomic E-state index is -4.72. The van der Waals surface area contributed by atoms with E-state index in [0.29, 0.717) is 34.3 Å². The van der Waals surface area contributed by atoms with Crippen LogP contribution in [0.3, 0.4) is 0 Å². The fourth-order valence-electron chi connectivity index (χ4n) is 5.27. The minimum Gasteiger partial charge on any atom is -0.404 e. The number of fused-ring (bicyclic) bond motifs is 1. The average Bonchev–Trinajstić information content (AvgIpc) is 3.31. The maximum Gasteiger partial charge on any atom is 0.416 e. The van der Waals surface area contributed by atoms with Crippen molar-refractivity contribution in [3.05, 3.63) is 95.0 Å². The summed E-state index contributed by atoms with van der Waals surface area (Å²) in [5.74, 6) is -1.23. The van der Waals surface area contributed by atoms with E-state index in [1.54, 1.807) is 20.0 Å². The molecule has 0 spiro atoms. The molecular weight excluding hydrogens is 576 g/mol. The molecule has 42 heavy (non-hydrogen) atoms. The second kappa shape index (κ2) is 10.6. The third-order valence-electron chi connectivity index (χ3n) is 7.66. The van der Waals surface area contributed by atoms with Gasteiger partial charge < -0.3 is 5.73 Å². The van der Waals surface area contributed by atoms with Crippen molar-refractivity contribution in [2.45, 2.75) is 30.8 Å². The largest absolute Gasteiger partial charge is 0.416 e. The van der Waals surface area contributed by atoms with Crippen molar-refractivity contribution in [1.82, 2.24) is 19.1 Å². The second-order valence-electron chi connectivity index (χ2n) is 10.2. The van der Waals surface area contributed by atoms with E-state index in [0.717, 1.165) is 16.6 Å². The number of benzene rings is 1. The highest BCUT2D eigenvalue weighted by atomic mass is 32.2. The number of rotatable bonds is 5. The van der Waals surface area contributed by atoms with Crippen LogP contribution in [0.4, 0.5) is 23.2 Å². The number of aryl methyl sites for hydroxylation is 1. The summed E-state index contributed by atoms with van der Waals surface area (Å²) >= 11 is 0. The van der Waals surface area contributed by atoms with E-state index in [2.05, 4.69) is 15.1 Å². The number of nitrogens with two attached hydrogens (primary N) is 1. The predicted octanol–water partition coefficient (Wildman–Crippen LogP) is 4.49. The highest BCUT2D eigenvalue weighted by Gasteiger charge is 2.52. The van der Waals surface area contributed by atoms with E-state index in [4.69, 9.17) is 5.73 Å². The van der Waals surface area contributed by atoms with E-state index in [1.807, 2.05) is 0 Å². The van der Waals surface area contributed by atoms with Gasteiger partial charge >= 0.3 is 6.18 Å². The highest BCUT2D eigenvalue weighted by Crippen LogP contribution is 2.48. The SMILES string of the molecule is Cc1c(S(=O)(=O)N2CCC3=CC(=Nc4ccc(F)cc4)C(=CN)C[C@]3(C(=O)c3cc(C(F)(F)F)ccn3)C2)cnn1C. The van der Waals surface area contributed by atoms with Gasteiger partial charge in [-0.2, -0.15) is 22.6 Å². The monoisotopic (exact) mass is 602 g/mol. The first-order valence-electron chi connectivity index (χ1n) is 12.8. The molecule has 3 heterocycles. The maximum absolute atomic E-state index is 14.2. The quantitative estimate of drug-likeness (QED) is 0.339. The van der Waals surface area contributed by atoms with Gasteiger partial charge in [0.2, 0.25) is 10.0 Å². The molecule has 2 aliphatic rings. The molecule has 1 fully saturated rings. The topological polar surface area (TPSA) is 124 Å². The van der Waals surface area contributed by atoms with E-state index < -0.39 is 44.5 Å². The number of carbonyl (C=O) groups is 1. The molecule has 0 saturated carbocycles. The summed E-state index contributed by atoms with van der Waals surface area (Å²) in [4.78, 5) is 22.7. The van der Waals surface area contributed by atoms with Crippen LogP contribution in [0.15, 0.2) is 82.1 Å². The van der Waals surface area contributed by atoms with Gasteiger partial charge in [0.1, 0.15) is 16.4 Å². The van der Waals surface area contributed by atoms with Gasteiger partial charge in [-0.15, -0.1) is 0 Å². The molecule has 1 aromatic carbocycles. The second-order valence-corrected chi connectivity index (χ2v) is 12.1. The van der Waals surface area contributed by atoms with Gasteiger partial charge in [0, 0.05) is 26.3 Å². The van der Waals surface area contributed by atoms with E-state index >= 15 is 0 Å². The number of alkyl halides is 3. The number of Topliss-reactive ketones (excluding diaryl/α,β-unsaturated/α-hetero) is 1. The number of carbonyl (C=O) groups excluding carboxylic acids is 1. The summed E-state index contributed by atoms with van der Waals surface area (Å²) in [6, 6.07) is 6.81. The summed E-state index contributed by atoms with van der Waals surface area (Å²) in [5.41, 5.74) is 4.83. The van der Waals surface area contributed by atoms with Crippen LogP contribution in [0, 0.1) is 18.2 Å². The normalized spacial score (nSPS) is 21.8. The van der Waals surface area contributed by atoms with Crippen molar-refractivity contribution in [3.8, 4) is 0 Å². The fraction of sp³-hybridized carbons (Fsp3) is 0.286. The van der Waals surface area contributed by atoms with Gasteiger partial charge in [-0.3, -0.25) is 14.5 Å². The molecular formula is C28H26F4N6O3S. The number of halogens is 4. The molecule has 14 heteroatoms. The Morgan fingerprint density at radius 3 is 2.52 bits per heavy atom. The Hall–Kier alpha value is -4.17. The number of allylic oxidation sites excluding steroid dienone is 2. The average molecular weight is 603 g/mol. The number of aliphatic imine (C=N–C) groups is 1. The Morgan fingerprint density at radius 1 is 1.19 bits per heavy atom.